The summed E-state index contributed by atoms with van der Waals surface area (Å²) < 4.78 is 5.99. The molecule has 1 aliphatic rings. The predicted octanol–water partition coefficient (Wildman–Crippen LogP) is 5.13. The molecule has 4 atom stereocenters. The van der Waals surface area contributed by atoms with Gasteiger partial charge in [0.15, 0.2) is 12.1 Å². The smallest absolute Gasteiger partial charge is 0.331 e. The number of benzene rings is 3. The Morgan fingerprint density at radius 3 is 1.89 bits per heavy atom. The summed E-state index contributed by atoms with van der Waals surface area (Å²) in [6.07, 6.45) is -0.751. The highest BCUT2D eigenvalue weighted by Gasteiger charge is 2.57. The van der Waals surface area contributed by atoms with E-state index in [9.17, 15) is 14.4 Å². The highest BCUT2D eigenvalue weighted by atomic mass is 35.5. The Morgan fingerprint density at radius 1 is 0.946 bits per heavy atom. The SMILES string of the molecule is CC(Cl)(CCl)C(C(=O)OC(c1ccccc1)c1ccccc1)N1C(=O)C(NC(=O)c2ccccc2)C1Cl. The van der Waals surface area contributed by atoms with Crippen molar-refractivity contribution in [2.75, 3.05) is 5.88 Å². The van der Waals surface area contributed by atoms with E-state index in [0.29, 0.717) is 5.56 Å². The van der Waals surface area contributed by atoms with Gasteiger partial charge in [0.1, 0.15) is 11.5 Å². The minimum atomic E-state index is -1.40. The maximum atomic E-state index is 13.7. The van der Waals surface area contributed by atoms with Crippen LogP contribution in [0.1, 0.15) is 34.5 Å². The first-order valence-electron chi connectivity index (χ1n) is 11.6. The number of alkyl halides is 3. The third-order valence-corrected chi connectivity index (χ3v) is 7.65. The van der Waals surface area contributed by atoms with Gasteiger partial charge in [-0.1, -0.05) is 90.5 Å². The quantitative estimate of drug-likeness (QED) is 0.171. The zero-order valence-corrected chi connectivity index (χ0v) is 22.2. The predicted molar refractivity (Wildman–Crippen MR) is 144 cm³/mol. The summed E-state index contributed by atoms with van der Waals surface area (Å²) in [4.78, 5) is 39.2. The van der Waals surface area contributed by atoms with Crippen molar-refractivity contribution < 1.29 is 19.1 Å². The van der Waals surface area contributed by atoms with Gasteiger partial charge in [-0.3, -0.25) is 9.59 Å². The van der Waals surface area contributed by atoms with Crippen molar-refractivity contribution >= 4 is 52.6 Å². The number of nitrogens with zero attached hydrogens (tertiary/aromatic N) is 1. The molecule has 0 bridgehead atoms. The van der Waals surface area contributed by atoms with Crippen molar-refractivity contribution in [3.05, 3.63) is 108 Å². The van der Waals surface area contributed by atoms with E-state index in [4.69, 9.17) is 39.5 Å². The number of ether oxygens (including phenoxy) is 1. The zero-order chi connectivity index (χ0) is 26.6. The number of halogens is 3. The molecule has 1 fully saturated rings. The number of β-lactam (4-membered cyclic amide) rings is 1. The largest absolute Gasteiger partial charge is 0.451 e. The maximum absolute atomic E-state index is 13.7. The van der Waals surface area contributed by atoms with Crippen LogP contribution in [0, 0.1) is 0 Å². The molecule has 9 heteroatoms. The van der Waals surface area contributed by atoms with Crippen molar-refractivity contribution in [3.63, 3.8) is 0 Å². The van der Waals surface area contributed by atoms with Crippen LogP contribution >= 0.6 is 34.8 Å². The molecule has 4 unspecified atom stereocenters. The van der Waals surface area contributed by atoms with Crippen LogP contribution in [-0.2, 0) is 14.3 Å². The van der Waals surface area contributed by atoms with E-state index in [1.54, 1.807) is 37.3 Å². The van der Waals surface area contributed by atoms with E-state index in [1.165, 1.54) is 0 Å². The fourth-order valence-electron chi connectivity index (χ4n) is 4.18. The molecule has 192 valence electrons. The number of amides is 2. The molecule has 3 aromatic rings. The second-order valence-electron chi connectivity index (χ2n) is 8.89. The molecule has 1 saturated heterocycles. The Hall–Kier alpha value is -3.06. The van der Waals surface area contributed by atoms with E-state index in [-0.39, 0.29) is 5.88 Å². The van der Waals surface area contributed by atoms with Crippen molar-refractivity contribution in [3.8, 4) is 0 Å². The van der Waals surface area contributed by atoms with Gasteiger partial charge in [-0.25, -0.2) is 4.79 Å². The molecule has 4 rings (SSSR count). The highest BCUT2D eigenvalue weighted by Crippen LogP contribution is 2.37. The number of carbonyl (C=O) groups is 3. The topological polar surface area (TPSA) is 75.7 Å². The second kappa shape index (κ2) is 11.5. The standard InChI is InChI=1S/C28H25Cl3N2O4/c1-28(31,17-29)23(33-24(30)21(26(33)35)32-25(34)20-15-9-4-10-16-20)27(36)37-22(18-11-5-2-6-12-18)19-13-7-3-8-14-19/h2-16,21-24H,17H2,1H3,(H,32,34). The summed E-state index contributed by atoms with van der Waals surface area (Å²) in [5.74, 6) is -1.94. The van der Waals surface area contributed by atoms with Crippen LogP contribution in [0.2, 0.25) is 0 Å². The Morgan fingerprint density at radius 2 is 1.43 bits per heavy atom. The minimum absolute atomic E-state index is 0.163. The first-order valence-corrected chi connectivity index (χ1v) is 13.0. The third-order valence-electron chi connectivity index (χ3n) is 6.16. The number of hydrogen-bond donors (Lipinski definition) is 1. The van der Waals surface area contributed by atoms with Gasteiger partial charge < -0.3 is 15.0 Å². The van der Waals surface area contributed by atoms with Gasteiger partial charge in [-0.2, -0.15) is 0 Å². The van der Waals surface area contributed by atoms with Gasteiger partial charge in [0.2, 0.25) is 0 Å². The lowest BCUT2D eigenvalue weighted by atomic mass is 9.94. The van der Waals surface area contributed by atoms with Gasteiger partial charge in [-0.05, 0) is 30.2 Å². The third kappa shape index (κ3) is 5.77. The molecule has 0 aromatic heterocycles. The van der Waals surface area contributed by atoms with Crippen molar-refractivity contribution in [2.45, 2.75) is 35.5 Å². The second-order valence-corrected chi connectivity index (χ2v) is 10.5. The zero-order valence-electron chi connectivity index (χ0n) is 19.9. The molecule has 1 aliphatic heterocycles. The average molecular weight is 560 g/mol. The first kappa shape index (κ1) is 27.0. The molecular weight excluding hydrogens is 535 g/mol. The van der Waals surface area contributed by atoms with E-state index in [2.05, 4.69) is 5.32 Å². The normalized spacial score (nSPS) is 19.5. The van der Waals surface area contributed by atoms with Gasteiger partial charge in [-0.15, -0.1) is 23.2 Å². The summed E-state index contributed by atoms with van der Waals surface area (Å²) >= 11 is 19.4. The van der Waals surface area contributed by atoms with Gasteiger partial charge in [0.05, 0.1) is 4.87 Å². The van der Waals surface area contributed by atoms with E-state index in [0.717, 1.165) is 16.0 Å². The van der Waals surface area contributed by atoms with Gasteiger partial charge in [0.25, 0.3) is 11.8 Å². The molecule has 1 heterocycles. The van der Waals surface area contributed by atoms with Crippen LogP contribution < -0.4 is 5.32 Å². The van der Waals surface area contributed by atoms with Crippen molar-refractivity contribution in [2.24, 2.45) is 0 Å². The fraction of sp³-hybridized carbons (Fsp3) is 0.250. The van der Waals surface area contributed by atoms with Crippen molar-refractivity contribution in [1.29, 1.82) is 0 Å². The summed E-state index contributed by atoms with van der Waals surface area (Å²) in [6.45, 7) is 1.54. The van der Waals surface area contributed by atoms with Crippen LogP contribution in [0.5, 0.6) is 0 Å². The molecule has 0 spiro atoms. The number of nitrogens with one attached hydrogen (secondary N) is 1. The van der Waals surface area contributed by atoms with E-state index in [1.807, 2.05) is 60.7 Å². The monoisotopic (exact) mass is 558 g/mol. The molecule has 0 radical (unpaired) electrons. The molecule has 0 aliphatic carbocycles. The Labute approximate surface area is 230 Å². The molecule has 6 nitrogen and oxygen atoms in total. The molecule has 1 N–H and O–H groups in total. The average Bonchev–Trinajstić information content (AvgIpc) is 2.94. The van der Waals surface area contributed by atoms with Crippen molar-refractivity contribution in [1.82, 2.24) is 10.2 Å². The lowest BCUT2D eigenvalue weighted by molar-refractivity contribution is -0.168. The lowest BCUT2D eigenvalue weighted by Gasteiger charge is -2.50. The highest BCUT2D eigenvalue weighted by molar-refractivity contribution is 6.33. The van der Waals surface area contributed by atoms with E-state index >= 15 is 0 Å². The Kier molecular flexibility index (Phi) is 8.42. The fourth-order valence-corrected chi connectivity index (χ4v) is 4.90. The molecular formula is C28H25Cl3N2O4. The first-order chi connectivity index (χ1) is 17.7. The Balaban J connectivity index is 1.58. The summed E-state index contributed by atoms with van der Waals surface area (Å²) in [5.41, 5.74) is 0.831. The maximum Gasteiger partial charge on any atom is 0.331 e. The van der Waals surface area contributed by atoms with Crippen LogP contribution in [0.3, 0.4) is 0 Å². The van der Waals surface area contributed by atoms with Gasteiger partial charge >= 0.3 is 5.97 Å². The number of likely N-dealkylation sites (tertiary alicyclic amines) is 1. The molecule has 0 saturated carbocycles. The Bertz CT molecular complexity index is 1200. The number of hydrogen-bond acceptors (Lipinski definition) is 4. The van der Waals surface area contributed by atoms with Crippen LogP contribution in [0.25, 0.3) is 0 Å². The van der Waals surface area contributed by atoms with Crippen LogP contribution in [-0.4, -0.2) is 51.0 Å². The van der Waals surface area contributed by atoms with Crippen LogP contribution in [0.4, 0.5) is 0 Å². The van der Waals surface area contributed by atoms with Gasteiger partial charge in [0, 0.05) is 11.4 Å². The summed E-state index contributed by atoms with van der Waals surface area (Å²) in [5, 5.41) is 2.63. The number of carbonyl (C=O) groups excluding carboxylic acids is 3. The number of rotatable bonds is 9. The van der Waals surface area contributed by atoms with E-state index < -0.39 is 46.3 Å². The minimum Gasteiger partial charge on any atom is -0.451 e. The molecule has 37 heavy (non-hydrogen) atoms. The summed E-state index contributed by atoms with van der Waals surface area (Å²) in [6, 6.07) is 24.6. The number of esters is 1. The molecule has 3 aromatic carbocycles. The lowest BCUT2D eigenvalue weighted by Crippen LogP contribution is -2.75. The van der Waals surface area contributed by atoms with Crippen LogP contribution in [0.15, 0.2) is 91.0 Å². The molecule has 2 amide bonds. The summed E-state index contributed by atoms with van der Waals surface area (Å²) in [7, 11) is 0.